The Hall–Kier alpha value is -2.10. The summed E-state index contributed by atoms with van der Waals surface area (Å²) in [5.41, 5.74) is 1.61. The highest BCUT2D eigenvalue weighted by Gasteiger charge is 2.06. The Kier molecular flexibility index (Phi) is 3.77. The minimum absolute atomic E-state index is 0.366. The van der Waals surface area contributed by atoms with Gasteiger partial charge in [-0.25, -0.2) is 4.98 Å². The van der Waals surface area contributed by atoms with E-state index < -0.39 is 0 Å². The second-order valence-electron chi connectivity index (χ2n) is 4.08. The van der Waals surface area contributed by atoms with E-state index in [1.165, 1.54) is 0 Å². The van der Waals surface area contributed by atoms with Crippen LogP contribution in [0.5, 0.6) is 5.75 Å². The van der Waals surface area contributed by atoms with Crippen molar-refractivity contribution in [3.8, 4) is 5.75 Å². The van der Waals surface area contributed by atoms with Gasteiger partial charge in [0.1, 0.15) is 18.2 Å². The van der Waals surface area contributed by atoms with E-state index in [0.717, 1.165) is 24.2 Å². The Morgan fingerprint density at radius 1 is 1.44 bits per heavy atom. The molecule has 2 rings (SSSR count). The van der Waals surface area contributed by atoms with Crippen LogP contribution in [-0.4, -0.2) is 15.8 Å². The van der Waals surface area contributed by atoms with Crippen LogP contribution in [0.2, 0.25) is 0 Å². The summed E-state index contributed by atoms with van der Waals surface area (Å²) >= 11 is 0. The lowest BCUT2D eigenvalue weighted by atomic mass is 10.1. The van der Waals surface area contributed by atoms with Gasteiger partial charge in [0.2, 0.25) is 0 Å². The number of hydrogen-bond donors (Lipinski definition) is 0. The van der Waals surface area contributed by atoms with Crippen LogP contribution in [0.25, 0.3) is 0 Å². The lowest BCUT2D eigenvalue weighted by molar-refractivity contribution is 0.111. The van der Waals surface area contributed by atoms with E-state index in [0.29, 0.717) is 17.9 Å². The molecule has 0 unspecified atom stereocenters. The molecule has 0 spiro atoms. The number of rotatable bonds is 5. The highest BCUT2D eigenvalue weighted by molar-refractivity contribution is 5.79. The Balaban J connectivity index is 2.13. The first-order chi connectivity index (χ1) is 8.74. The van der Waals surface area contributed by atoms with E-state index in [1.807, 2.05) is 42.8 Å². The molecule has 0 aliphatic rings. The topological polar surface area (TPSA) is 44.1 Å². The molecule has 1 aromatic heterocycles. The number of aromatic nitrogens is 2. The minimum Gasteiger partial charge on any atom is -0.485 e. The van der Waals surface area contributed by atoms with Gasteiger partial charge in [-0.15, -0.1) is 0 Å². The quantitative estimate of drug-likeness (QED) is 0.759. The second-order valence-corrected chi connectivity index (χ2v) is 4.08. The first-order valence-electron chi connectivity index (χ1n) is 5.93. The first-order valence-corrected chi connectivity index (χ1v) is 5.93. The van der Waals surface area contributed by atoms with Crippen molar-refractivity contribution in [1.82, 2.24) is 9.55 Å². The van der Waals surface area contributed by atoms with E-state index >= 15 is 0 Å². The summed E-state index contributed by atoms with van der Waals surface area (Å²) in [5, 5.41) is 0. The maximum atomic E-state index is 11.0. The number of aryl methyl sites for hydroxylation is 2. The molecule has 4 heteroatoms. The number of benzene rings is 1. The summed E-state index contributed by atoms with van der Waals surface area (Å²) in [6.07, 6.45) is 4.47. The SMILES string of the molecule is CCn1ccnc1COc1ccc(C)cc1C=O. The van der Waals surface area contributed by atoms with Crippen LogP contribution in [0.1, 0.15) is 28.7 Å². The van der Waals surface area contributed by atoms with Gasteiger partial charge in [-0.2, -0.15) is 0 Å². The zero-order valence-corrected chi connectivity index (χ0v) is 10.6. The van der Waals surface area contributed by atoms with Gasteiger partial charge in [0, 0.05) is 18.9 Å². The number of hydrogen-bond acceptors (Lipinski definition) is 3. The Labute approximate surface area is 106 Å². The summed E-state index contributed by atoms with van der Waals surface area (Å²) in [6, 6.07) is 5.56. The van der Waals surface area contributed by atoms with Gasteiger partial charge >= 0.3 is 0 Å². The zero-order valence-electron chi connectivity index (χ0n) is 10.6. The lowest BCUT2D eigenvalue weighted by Crippen LogP contribution is -2.06. The molecule has 0 aliphatic carbocycles. The average molecular weight is 244 g/mol. The molecule has 2 aromatic rings. The summed E-state index contributed by atoms with van der Waals surface area (Å²) in [4.78, 5) is 15.2. The van der Waals surface area contributed by atoms with Gasteiger partial charge in [0.15, 0.2) is 6.29 Å². The second kappa shape index (κ2) is 5.49. The van der Waals surface area contributed by atoms with Gasteiger partial charge in [0.25, 0.3) is 0 Å². The Morgan fingerprint density at radius 3 is 3.00 bits per heavy atom. The van der Waals surface area contributed by atoms with E-state index in [1.54, 1.807) is 6.20 Å². The van der Waals surface area contributed by atoms with Crippen LogP contribution < -0.4 is 4.74 Å². The maximum Gasteiger partial charge on any atom is 0.153 e. The van der Waals surface area contributed by atoms with E-state index in [2.05, 4.69) is 4.98 Å². The maximum absolute atomic E-state index is 11.0. The van der Waals surface area contributed by atoms with E-state index in [9.17, 15) is 4.79 Å². The Bertz CT molecular complexity index is 546. The van der Waals surface area contributed by atoms with Gasteiger partial charge in [0.05, 0.1) is 5.56 Å². The molecule has 0 aliphatic heterocycles. The van der Waals surface area contributed by atoms with Crippen molar-refractivity contribution in [2.75, 3.05) is 0 Å². The molecule has 18 heavy (non-hydrogen) atoms. The van der Waals surface area contributed by atoms with Crippen LogP contribution in [0.3, 0.4) is 0 Å². The zero-order chi connectivity index (χ0) is 13.0. The monoisotopic (exact) mass is 244 g/mol. The molecule has 0 saturated heterocycles. The molecule has 0 fully saturated rings. The molecule has 1 aromatic carbocycles. The molecule has 0 radical (unpaired) electrons. The third kappa shape index (κ3) is 2.59. The third-order valence-electron chi connectivity index (χ3n) is 2.79. The predicted molar refractivity (Wildman–Crippen MR) is 68.8 cm³/mol. The molecule has 0 saturated carbocycles. The standard InChI is InChI=1S/C14H16N2O2/c1-3-16-7-6-15-14(16)10-18-13-5-4-11(2)8-12(13)9-17/h4-9H,3,10H2,1-2H3. The third-order valence-corrected chi connectivity index (χ3v) is 2.79. The molecule has 1 heterocycles. The number of ether oxygens (including phenoxy) is 1. The molecule has 0 N–H and O–H groups in total. The Morgan fingerprint density at radius 2 is 2.28 bits per heavy atom. The molecular weight excluding hydrogens is 228 g/mol. The first kappa shape index (κ1) is 12.4. The number of carbonyl (C=O) groups is 1. The molecule has 0 amide bonds. The fourth-order valence-electron chi connectivity index (χ4n) is 1.80. The van der Waals surface area contributed by atoms with Crippen molar-refractivity contribution in [2.45, 2.75) is 27.0 Å². The van der Waals surface area contributed by atoms with Gasteiger partial charge in [-0.05, 0) is 26.0 Å². The molecule has 0 atom stereocenters. The number of aldehydes is 1. The molecular formula is C14H16N2O2. The molecule has 94 valence electrons. The van der Waals surface area contributed by atoms with Crippen molar-refractivity contribution in [3.63, 3.8) is 0 Å². The van der Waals surface area contributed by atoms with Crippen LogP contribution in [0, 0.1) is 6.92 Å². The highest BCUT2D eigenvalue weighted by Crippen LogP contribution is 2.19. The summed E-state index contributed by atoms with van der Waals surface area (Å²) in [7, 11) is 0. The van der Waals surface area contributed by atoms with E-state index in [4.69, 9.17) is 4.74 Å². The van der Waals surface area contributed by atoms with Crippen molar-refractivity contribution >= 4 is 6.29 Å². The summed E-state index contributed by atoms with van der Waals surface area (Å²) in [6.45, 7) is 5.21. The highest BCUT2D eigenvalue weighted by atomic mass is 16.5. The van der Waals surface area contributed by atoms with Crippen molar-refractivity contribution in [3.05, 3.63) is 47.5 Å². The smallest absolute Gasteiger partial charge is 0.153 e. The van der Waals surface area contributed by atoms with Crippen LogP contribution in [0.4, 0.5) is 0 Å². The van der Waals surface area contributed by atoms with Gasteiger partial charge < -0.3 is 9.30 Å². The minimum atomic E-state index is 0.366. The van der Waals surface area contributed by atoms with Crippen LogP contribution in [0.15, 0.2) is 30.6 Å². The van der Waals surface area contributed by atoms with Gasteiger partial charge in [-0.3, -0.25) is 4.79 Å². The van der Waals surface area contributed by atoms with Crippen LogP contribution >= 0.6 is 0 Å². The normalized spacial score (nSPS) is 10.3. The predicted octanol–water partition coefficient (Wildman–Crippen LogP) is 2.60. The van der Waals surface area contributed by atoms with Crippen molar-refractivity contribution in [1.29, 1.82) is 0 Å². The van der Waals surface area contributed by atoms with Gasteiger partial charge in [-0.1, -0.05) is 11.6 Å². The number of nitrogens with zero attached hydrogens (tertiary/aromatic N) is 2. The van der Waals surface area contributed by atoms with Crippen molar-refractivity contribution in [2.24, 2.45) is 0 Å². The number of imidazole rings is 1. The fraction of sp³-hybridized carbons (Fsp3) is 0.286. The molecule has 4 nitrogen and oxygen atoms in total. The lowest BCUT2D eigenvalue weighted by Gasteiger charge is -2.09. The summed E-state index contributed by atoms with van der Waals surface area (Å²) in [5.74, 6) is 1.45. The number of carbonyl (C=O) groups excluding carboxylic acids is 1. The van der Waals surface area contributed by atoms with Crippen molar-refractivity contribution < 1.29 is 9.53 Å². The molecule has 0 bridgehead atoms. The summed E-state index contributed by atoms with van der Waals surface area (Å²) < 4.78 is 7.66. The van der Waals surface area contributed by atoms with E-state index in [-0.39, 0.29) is 0 Å². The fourth-order valence-corrected chi connectivity index (χ4v) is 1.80. The average Bonchev–Trinajstić information content (AvgIpc) is 2.84. The van der Waals surface area contributed by atoms with Crippen LogP contribution in [-0.2, 0) is 13.2 Å². The largest absolute Gasteiger partial charge is 0.485 e.